The van der Waals surface area contributed by atoms with Crippen LogP contribution in [-0.2, 0) is 6.42 Å². The van der Waals surface area contributed by atoms with E-state index >= 15 is 0 Å². The molecule has 1 aliphatic carbocycles. The maximum absolute atomic E-state index is 5.79. The lowest BCUT2D eigenvalue weighted by molar-refractivity contribution is 0.596. The summed E-state index contributed by atoms with van der Waals surface area (Å²) in [5.74, 6) is 2.81. The molecule has 2 heteroatoms. The highest BCUT2D eigenvalue weighted by molar-refractivity contribution is 7.99. The van der Waals surface area contributed by atoms with Gasteiger partial charge in [-0.05, 0) is 42.7 Å². The summed E-state index contributed by atoms with van der Waals surface area (Å²) >= 11 is 7.87. The molecule has 1 aromatic carbocycles. The van der Waals surface area contributed by atoms with Gasteiger partial charge in [0.2, 0.25) is 0 Å². The van der Waals surface area contributed by atoms with Crippen molar-refractivity contribution >= 4 is 23.4 Å². The largest absolute Gasteiger partial charge is 0.158 e. The number of aryl methyl sites for hydroxylation is 1. The monoisotopic (exact) mass is 268 g/mol. The zero-order valence-corrected chi connectivity index (χ0v) is 12.1. The molecule has 1 aromatic rings. The predicted octanol–water partition coefficient (Wildman–Crippen LogP) is 4.86. The van der Waals surface area contributed by atoms with Crippen molar-refractivity contribution in [2.75, 3.05) is 11.6 Å². The molecule has 0 nitrogen and oxygen atoms in total. The van der Waals surface area contributed by atoms with Crippen molar-refractivity contribution in [1.82, 2.24) is 0 Å². The van der Waals surface area contributed by atoms with E-state index in [1.165, 1.54) is 25.0 Å². The first-order valence-corrected chi connectivity index (χ1v) is 8.15. The van der Waals surface area contributed by atoms with Gasteiger partial charge in [-0.1, -0.05) is 31.2 Å². The Labute approximate surface area is 114 Å². The molecule has 17 heavy (non-hydrogen) atoms. The highest BCUT2D eigenvalue weighted by atomic mass is 35.5. The third kappa shape index (κ3) is 3.66. The number of benzene rings is 1. The van der Waals surface area contributed by atoms with Crippen molar-refractivity contribution < 1.29 is 0 Å². The fourth-order valence-electron chi connectivity index (χ4n) is 2.55. The third-order valence-electron chi connectivity index (χ3n) is 3.59. The van der Waals surface area contributed by atoms with Crippen LogP contribution in [-0.4, -0.2) is 16.9 Å². The minimum Gasteiger partial charge on any atom is -0.158 e. The molecule has 0 aliphatic heterocycles. The van der Waals surface area contributed by atoms with Crippen molar-refractivity contribution in [3.8, 4) is 0 Å². The summed E-state index contributed by atoms with van der Waals surface area (Å²) in [6.07, 6.45) is 5.11. The summed E-state index contributed by atoms with van der Waals surface area (Å²) < 4.78 is 0. The van der Waals surface area contributed by atoms with Crippen LogP contribution in [0.4, 0.5) is 0 Å². The van der Waals surface area contributed by atoms with Crippen LogP contribution in [0, 0.1) is 0 Å². The summed E-state index contributed by atoms with van der Waals surface area (Å²) in [5, 5.41) is 0.696. The summed E-state index contributed by atoms with van der Waals surface area (Å²) in [7, 11) is 0. The minimum atomic E-state index is 0.696. The summed E-state index contributed by atoms with van der Waals surface area (Å²) in [4.78, 5) is 0. The zero-order valence-electron chi connectivity index (χ0n) is 10.5. The zero-order chi connectivity index (χ0) is 12.1. The second-order valence-electron chi connectivity index (χ2n) is 4.91. The molecule has 0 aromatic heterocycles. The first-order chi connectivity index (χ1) is 8.31. The fourth-order valence-corrected chi connectivity index (χ4v) is 4.19. The molecule has 0 amide bonds. The smallest absolute Gasteiger partial charge is 0.0233 e. The molecule has 0 radical (unpaired) electrons. The maximum Gasteiger partial charge on any atom is 0.0233 e. The van der Waals surface area contributed by atoms with Gasteiger partial charge in [-0.15, -0.1) is 11.6 Å². The summed E-state index contributed by atoms with van der Waals surface area (Å²) in [6, 6.07) is 8.98. The van der Waals surface area contributed by atoms with Gasteiger partial charge in [0.15, 0.2) is 0 Å². The van der Waals surface area contributed by atoms with Gasteiger partial charge >= 0.3 is 0 Å². The average Bonchev–Trinajstić information content (AvgIpc) is 2.36. The van der Waals surface area contributed by atoms with E-state index in [9.17, 15) is 0 Å². The number of hydrogen-bond donors (Lipinski definition) is 0. The van der Waals surface area contributed by atoms with Gasteiger partial charge in [0.25, 0.3) is 0 Å². The van der Waals surface area contributed by atoms with E-state index in [2.05, 4.69) is 43.0 Å². The van der Waals surface area contributed by atoms with Gasteiger partial charge in [-0.3, -0.25) is 0 Å². The van der Waals surface area contributed by atoms with Crippen molar-refractivity contribution in [1.29, 1.82) is 0 Å². The lowest BCUT2D eigenvalue weighted by atomic mass is 9.84. The molecule has 0 spiro atoms. The molecule has 1 aliphatic rings. The second-order valence-corrected chi connectivity index (χ2v) is 6.76. The lowest BCUT2D eigenvalue weighted by Crippen LogP contribution is -2.13. The normalized spacial score (nSPS) is 20.9. The van der Waals surface area contributed by atoms with Crippen molar-refractivity contribution in [2.45, 2.75) is 43.8 Å². The van der Waals surface area contributed by atoms with Gasteiger partial charge in [0.05, 0.1) is 0 Å². The number of hydrogen-bond acceptors (Lipinski definition) is 1. The maximum atomic E-state index is 5.79. The molecule has 0 N–H and O–H groups in total. The van der Waals surface area contributed by atoms with E-state index in [0.29, 0.717) is 5.25 Å². The third-order valence-corrected chi connectivity index (χ3v) is 5.21. The van der Waals surface area contributed by atoms with Crippen LogP contribution in [0.2, 0.25) is 0 Å². The van der Waals surface area contributed by atoms with Gasteiger partial charge in [-0.25, -0.2) is 0 Å². The molecule has 94 valence electrons. The molecular weight excluding hydrogens is 248 g/mol. The number of fused-ring (bicyclic) bond motifs is 1. The van der Waals surface area contributed by atoms with Crippen LogP contribution in [0.15, 0.2) is 24.3 Å². The predicted molar refractivity (Wildman–Crippen MR) is 79.4 cm³/mol. The molecule has 0 bridgehead atoms. The Morgan fingerprint density at radius 3 is 3.06 bits per heavy atom. The van der Waals surface area contributed by atoms with Crippen LogP contribution in [0.25, 0.3) is 0 Å². The van der Waals surface area contributed by atoms with E-state index in [-0.39, 0.29) is 0 Å². The average molecular weight is 269 g/mol. The van der Waals surface area contributed by atoms with Crippen LogP contribution in [0.5, 0.6) is 0 Å². The number of halogens is 1. The molecule has 0 fully saturated rings. The SMILES string of the molecule is CC(CCCl)SCC1CCCc2ccccc21. The molecule has 2 unspecified atom stereocenters. The molecule has 0 saturated carbocycles. The Balaban J connectivity index is 1.94. The van der Waals surface area contributed by atoms with Crippen molar-refractivity contribution in [2.24, 2.45) is 0 Å². The van der Waals surface area contributed by atoms with E-state index in [4.69, 9.17) is 11.6 Å². The van der Waals surface area contributed by atoms with Crippen molar-refractivity contribution in [3.63, 3.8) is 0 Å². The number of thioether (sulfide) groups is 1. The van der Waals surface area contributed by atoms with Gasteiger partial charge in [0, 0.05) is 16.9 Å². The van der Waals surface area contributed by atoms with Crippen LogP contribution >= 0.6 is 23.4 Å². The van der Waals surface area contributed by atoms with Crippen molar-refractivity contribution in [3.05, 3.63) is 35.4 Å². The Morgan fingerprint density at radius 2 is 2.24 bits per heavy atom. The number of alkyl halides is 1. The van der Waals surface area contributed by atoms with Gasteiger partial charge < -0.3 is 0 Å². The molecule has 2 rings (SSSR count). The van der Waals surface area contributed by atoms with E-state index in [1.54, 1.807) is 11.1 Å². The van der Waals surface area contributed by atoms with Crippen LogP contribution < -0.4 is 0 Å². The lowest BCUT2D eigenvalue weighted by Gasteiger charge is -2.26. The Hall–Kier alpha value is -0.140. The summed E-state index contributed by atoms with van der Waals surface area (Å²) in [5.41, 5.74) is 3.18. The molecule has 0 saturated heterocycles. The standard InChI is InChI=1S/C15H21ClS/c1-12(9-10-16)17-11-14-7-4-6-13-5-2-3-8-15(13)14/h2-3,5,8,12,14H,4,6-7,9-11H2,1H3. The Morgan fingerprint density at radius 1 is 1.41 bits per heavy atom. The molecular formula is C15H21ClS. The van der Waals surface area contributed by atoms with Gasteiger partial charge in [-0.2, -0.15) is 11.8 Å². The first kappa shape index (κ1) is 13.3. The second kappa shape index (κ2) is 6.70. The highest BCUT2D eigenvalue weighted by Gasteiger charge is 2.20. The topological polar surface area (TPSA) is 0 Å². The van der Waals surface area contributed by atoms with E-state index < -0.39 is 0 Å². The number of rotatable bonds is 5. The van der Waals surface area contributed by atoms with E-state index in [1.807, 2.05) is 0 Å². The minimum absolute atomic E-state index is 0.696. The molecule has 2 atom stereocenters. The Kier molecular flexibility index (Phi) is 5.24. The van der Waals surface area contributed by atoms with E-state index in [0.717, 1.165) is 18.2 Å². The quantitative estimate of drug-likeness (QED) is 0.688. The van der Waals surface area contributed by atoms with Crippen LogP contribution in [0.3, 0.4) is 0 Å². The highest BCUT2D eigenvalue weighted by Crippen LogP contribution is 2.35. The summed E-state index contributed by atoms with van der Waals surface area (Å²) in [6.45, 7) is 2.29. The van der Waals surface area contributed by atoms with Crippen LogP contribution in [0.1, 0.15) is 43.2 Å². The first-order valence-electron chi connectivity index (χ1n) is 6.56. The Bertz CT molecular complexity index is 351. The molecule has 0 heterocycles. The van der Waals surface area contributed by atoms with Gasteiger partial charge in [0.1, 0.15) is 0 Å². The fraction of sp³-hybridized carbons (Fsp3) is 0.600.